The third kappa shape index (κ3) is 5.68. The minimum absolute atomic E-state index is 0.0646. The summed E-state index contributed by atoms with van der Waals surface area (Å²) >= 11 is 1.52. The van der Waals surface area contributed by atoms with Crippen LogP contribution in [0.3, 0.4) is 0 Å². The van der Waals surface area contributed by atoms with E-state index in [9.17, 15) is 14.7 Å². The number of rotatable bonds is 9. The van der Waals surface area contributed by atoms with E-state index < -0.39 is 11.6 Å². The molecule has 9 heteroatoms. The molecule has 0 aliphatic rings. The molecule has 4 rings (SSSR count). The maximum atomic E-state index is 13.8. The van der Waals surface area contributed by atoms with Crippen LogP contribution in [0.1, 0.15) is 43.7 Å². The summed E-state index contributed by atoms with van der Waals surface area (Å²) in [6.45, 7) is 6.09. The van der Waals surface area contributed by atoms with Crippen LogP contribution in [0.2, 0.25) is 0 Å². The highest BCUT2D eigenvalue weighted by Crippen LogP contribution is 2.28. The number of nitrogens with one attached hydrogen (secondary N) is 1. The van der Waals surface area contributed by atoms with E-state index in [4.69, 9.17) is 0 Å². The Morgan fingerprint density at radius 2 is 1.86 bits per heavy atom. The van der Waals surface area contributed by atoms with Crippen molar-refractivity contribution in [2.24, 2.45) is 0 Å². The van der Waals surface area contributed by atoms with Crippen LogP contribution in [-0.4, -0.2) is 42.4 Å². The van der Waals surface area contributed by atoms with Gasteiger partial charge in [-0.3, -0.25) is 9.59 Å². The number of benzene rings is 2. The summed E-state index contributed by atoms with van der Waals surface area (Å²) in [6.07, 6.45) is 0.727. The quantitative estimate of drug-likeness (QED) is 0.364. The molecule has 0 saturated heterocycles. The number of carbonyl (C=O) groups excluding carboxylic acids is 2. The second kappa shape index (κ2) is 10.3. The number of aromatic nitrogens is 3. The molecule has 0 fully saturated rings. The van der Waals surface area contributed by atoms with E-state index in [2.05, 4.69) is 15.6 Å². The molecule has 2 aromatic heterocycles. The molecule has 2 N–H and O–H groups in total. The molecular weight excluding hydrogens is 462 g/mol. The summed E-state index contributed by atoms with van der Waals surface area (Å²) in [5.74, 6) is -0.459. The van der Waals surface area contributed by atoms with E-state index in [1.807, 2.05) is 62.5 Å². The van der Waals surface area contributed by atoms with Crippen LogP contribution in [0.4, 0.5) is 0 Å². The van der Waals surface area contributed by atoms with Gasteiger partial charge in [-0.15, -0.1) is 16.4 Å². The minimum atomic E-state index is -0.897. The van der Waals surface area contributed by atoms with Crippen molar-refractivity contribution in [3.63, 3.8) is 0 Å². The van der Waals surface area contributed by atoms with Gasteiger partial charge in [-0.1, -0.05) is 42.5 Å². The van der Waals surface area contributed by atoms with Gasteiger partial charge in [0.2, 0.25) is 11.8 Å². The first-order chi connectivity index (χ1) is 16.8. The van der Waals surface area contributed by atoms with Crippen molar-refractivity contribution < 1.29 is 14.7 Å². The van der Waals surface area contributed by atoms with E-state index >= 15 is 0 Å². The van der Waals surface area contributed by atoms with E-state index in [1.165, 1.54) is 23.5 Å². The van der Waals surface area contributed by atoms with Crippen LogP contribution in [0.5, 0.6) is 5.75 Å². The van der Waals surface area contributed by atoms with Gasteiger partial charge in [0, 0.05) is 10.4 Å². The highest BCUT2D eigenvalue weighted by atomic mass is 32.1. The average molecular weight is 492 g/mol. The number of phenols is 1. The number of hydrogen-bond acceptors (Lipinski definition) is 6. The number of thiophene rings is 1. The summed E-state index contributed by atoms with van der Waals surface area (Å²) in [5.41, 5.74) is 1.60. The second-order valence-corrected chi connectivity index (χ2v) is 10.1. The molecule has 182 valence electrons. The molecule has 4 aromatic rings. The number of phenolic OH excluding ortho intramolecular Hbond substituents is 1. The first-order valence-electron chi connectivity index (χ1n) is 11.5. The van der Waals surface area contributed by atoms with Crippen molar-refractivity contribution in [3.8, 4) is 5.75 Å². The van der Waals surface area contributed by atoms with E-state index in [0.29, 0.717) is 11.1 Å². The number of hydrogen-bond donors (Lipinski definition) is 2. The zero-order valence-corrected chi connectivity index (χ0v) is 20.8. The highest BCUT2D eigenvalue weighted by molar-refractivity contribution is 7.09. The lowest BCUT2D eigenvalue weighted by Gasteiger charge is -2.34. The van der Waals surface area contributed by atoms with Crippen LogP contribution in [0.25, 0.3) is 11.0 Å². The maximum absolute atomic E-state index is 13.8. The Labute approximate surface area is 208 Å². The van der Waals surface area contributed by atoms with Crippen molar-refractivity contribution in [2.45, 2.75) is 51.9 Å². The van der Waals surface area contributed by atoms with E-state index in [0.717, 1.165) is 16.8 Å². The van der Waals surface area contributed by atoms with Crippen LogP contribution < -0.4 is 5.32 Å². The molecule has 8 nitrogen and oxygen atoms in total. The standard InChI is InChI=1S/C26H29N5O3S/c1-4-26(2,3)27-25(34)24(18-11-13-19(32)14-12-18)30(16-20-8-7-15-35-20)23(33)17-31-22-10-6-5-9-21(22)28-29-31/h5-15,24,32H,4,16-17H2,1-3H3,(H,27,34). The zero-order chi connectivity index (χ0) is 25.0. The van der Waals surface area contributed by atoms with Crippen molar-refractivity contribution >= 4 is 34.2 Å². The number of nitrogens with zero attached hydrogens (tertiary/aromatic N) is 4. The van der Waals surface area contributed by atoms with Gasteiger partial charge in [-0.2, -0.15) is 0 Å². The molecule has 0 aliphatic heterocycles. The zero-order valence-electron chi connectivity index (χ0n) is 20.0. The van der Waals surface area contributed by atoms with Crippen molar-refractivity contribution in [3.05, 3.63) is 76.5 Å². The Bertz CT molecular complexity index is 1300. The van der Waals surface area contributed by atoms with Crippen LogP contribution in [0, 0.1) is 0 Å². The van der Waals surface area contributed by atoms with Gasteiger partial charge >= 0.3 is 0 Å². The third-order valence-corrected chi connectivity index (χ3v) is 6.91. The number of aromatic hydroxyl groups is 1. The minimum Gasteiger partial charge on any atom is -0.508 e. The number of para-hydroxylation sites is 1. The molecule has 2 aromatic carbocycles. The fraction of sp³-hybridized carbons (Fsp3) is 0.308. The molecule has 0 bridgehead atoms. The van der Waals surface area contributed by atoms with Gasteiger partial charge in [-0.25, -0.2) is 4.68 Å². The van der Waals surface area contributed by atoms with Crippen LogP contribution in [-0.2, 0) is 22.7 Å². The Hall–Kier alpha value is -3.72. The maximum Gasteiger partial charge on any atom is 0.247 e. The Kier molecular flexibility index (Phi) is 7.16. The van der Waals surface area contributed by atoms with Crippen molar-refractivity contribution in [2.75, 3.05) is 0 Å². The smallest absolute Gasteiger partial charge is 0.247 e. The summed E-state index contributed by atoms with van der Waals surface area (Å²) < 4.78 is 1.56. The summed E-state index contributed by atoms with van der Waals surface area (Å²) in [7, 11) is 0. The molecule has 35 heavy (non-hydrogen) atoms. The normalized spacial score (nSPS) is 12.4. The molecule has 0 saturated carbocycles. The largest absolute Gasteiger partial charge is 0.508 e. The molecule has 0 radical (unpaired) electrons. The van der Waals surface area contributed by atoms with Crippen LogP contribution >= 0.6 is 11.3 Å². The molecule has 1 unspecified atom stereocenters. The summed E-state index contributed by atoms with van der Waals surface area (Å²) in [6, 6.07) is 16.8. The first-order valence-corrected chi connectivity index (χ1v) is 12.4. The third-order valence-electron chi connectivity index (χ3n) is 6.05. The summed E-state index contributed by atoms with van der Waals surface area (Å²) in [4.78, 5) is 30.0. The number of fused-ring (bicyclic) bond motifs is 1. The Morgan fingerprint density at radius 1 is 1.11 bits per heavy atom. The van der Waals surface area contributed by atoms with E-state index in [1.54, 1.807) is 21.7 Å². The first kappa shape index (κ1) is 24.4. The number of carbonyl (C=O) groups is 2. The Balaban J connectivity index is 1.74. The monoisotopic (exact) mass is 491 g/mol. The molecular formula is C26H29N5O3S. The molecule has 1 atom stereocenters. The second-order valence-electron chi connectivity index (χ2n) is 9.06. The lowest BCUT2D eigenvalue weighted by atomic mass is 9.98. The van der Waals surface area contributed by atoms with Gasteiger partial charge in [0.25, 0.3) is 0 Å². The Morgan fingerprint density at radius 3 is 2.54 bits per heavy atom. The van der Waals surface area contributed by atoms with Gasteiger partial charge in [0.1, 0.15) is 23.9 Å². The lowest BCUT2D eigenvalue weighted by molar-refractivity contribution is -0.142. The van der Waals surface area contributed by atoms with Gasteiger partial charge in [-0.05, 0) is 61.5 Å². The number of amides is 2. The van der Waals surface area contributed by atoms with Crippen molar-refractivity contribution in [1.29, 1.82) is 0 Å². The molecule has 2 amide bonds. The predicted molar refractivity (Wildman–Crippen MR) is 136 cm³/mol. The van der Waals surface area contributed by atoms with Crippen molar-refractivity contribution in [1.82, 2.24) is 25.2 Å². The lowest BCUT2D eigenvalue weighted by Crippen LogP contribution is -2.50. The van der Waals surface area contributed by atoms with Gasteiger partial charge in [0.05, 0.1) is 12.1 Å². The SMILES string of the molecule is CCC(C)(C)NC(=O)C(c1ccc(O)cc1)N(Cc1cccs1)C(=O)Cn1nnc2ccccc21. The average Bonchev–Trinajstić information content (AvgIpc) is 3.50. The fourth-order valence-electron chi connectivity index (χ4n) is 3.77. The molecule has 2 heterocycles. The molecule has 0 spiro atoms. The van der Waals surface area contributed by atoms with E-state index in [-0.39, 0.29) is 30.7 Å². The summed E-state index contributed by atoms with van der Waals surface area (Å²) in [5, 5.41) is 23.2. The van der Waals surface area contributed by atoms with Crippen LogP contribution in [0.15, 0.2) is 66.0 Å². The topological polar surface area (TPSA) is 100 Å². The highest BCUT2D eigenvalue weighted by Gasteiger charge is 2.34. The molecule has 0 aliphatic carbocycles. The van der Waals surface area contributed by atoms with Gasteiger partial charge in [0.15, 0.2) is 0 Å². The predicted octanol–water partition coefficient (Wildman–Crippen LogP) is 4.27. The van der Waals surface area contributed by atoms with Gasteiger partial charge < -0.3 is 15.3 Å². The fourth-order valence-corrected chi connectivity index (χ4v) is 4.47.